The molecule has 1 saturated heterocycles. The fourth-order valence-corrected chi connectivity index (χ4v) is 3.16. The molecule has 1 aromatic rings. The summed E-state index contributed by atoms with van der Waals surface area (Å²) in [4.78, 5) is 2.25. The monoisotopic (exact) mass is 310 g/mol. The van der Waals surface area contributed by atoms with E-state index in [2.05, 4.69) is 42.4 Å². The van der Waals surface area contributed by atoms with Gasteiger partial charge in [-0.1, -0.05) is 24.6 Å². The lowest BCUT2D eigenvalue weighted by Gasteiger charge is -2.29. The SMILES string of the molecule is CCCNCc1ccc(N(C)CC2CCCOC2)c(Cl)c1. The number of benzene rings is 1. The Kier molecular flexibility index (Phi) is 6.81. The Labute approximate surface area is 133 Å². The highest BCUT2D eigenvalue weighted by Crippen LogP contribution is 2.27. The van der Waals surface area contributed by atoms with E-state index < -0.39 is 0 Å². The maximum absolute atomic E-state index is 6.45. The number of nitrogens with one attached hydrogen (secondary N) is 1. The van der Waals surface area contributed by atoms with Gasteiger partial charge < -0.3 is 15.0 Å². The molecule has 4 heteroatoms. The predicted molar refractivity (Wildman–Crippen MR) is 90.3 cm³/mol. The maximum atomic E-state index is 6.45. The van der Waals surface area contributed by atoms with Crippen LogP contribution in [0.25, 0.3) is 0 Å². The van der Waals surface area contributed by atoms with Crippen LogP contribution >= 0.6 is 11.6 Å². The summed E-state index contributed by atoms with van der Waals surface area (Å²) >= 11 is 6.45. The summed E-state index contributed by atoms with van der Waals surface area (Å²) in [5, 5.41) is 4.24. The van der Waals surface area contributed by atoms with Crippen molar-refractivity contribution in [3.8, 4) is 0 Å². The van der Waals surface area contributed by atoms with E-state index in [-0.39, 0.29) is 0 Å². The average Bonchev–Trinajstić information content (AvgIpc) is 2.48. The van der Waals surface area contributed by atoms with E-state index in [1.807, 2.05) is 0 Å². The van der Waals surface area contributed by atoms with Gasteiger partial charge in [-0.15, -0.1) is 0 Å². The summed E-state index contributed by atoms with van der Waals surface area (Å²) in [6.45, 7) is 6.90. The van der Waals surface area contributed by atoms with Gasteiger partial charge in [0.05, 0.1) is 17.3 Å². The third-order valence-electron chi connectivity index (χ3n) is 3.97. The number of hydrogen-bond acceptors (Lipinski definition) is 3. The van der Waals surface area contributed by atoms with Gasteiger partial charge in [-0.05, 0) is 49.4 Å². The number of halogens is 1. The Hall–Kier alpha value is -0.770. The Morgan fingerprint density at radius 3 is 2.95 bits per heavy atom. The minimum absolute atomic E-state index is 0.616. The van der Waals surface area contributed by atoms with E-state index in [9.17, 15) is 0 Å². The third kappa shape index (κ3) is 5.17. The summed E-state index contributed by atoms with van der Waals surface area (Å²) in [5.41, 5.74) is 2.35. The van der Waals surface area contributed by atoms with Crippen molar-refractivity contribution in [2.45, 2.75) is 32.7 Å². The lowest BCUT2D eigenvalue weighted by molar-refractivity contribution is 0.0576. The van der Waals surface area contributed by atoms with Gasteiger partial charge in [-0.2, -0.15) is 0 Å². The van der Waals surface area contributed by atoms with Crippen LogP contribution in [0, 0.1) is 5.92 Å². The molecule has 1 aliphatic rings. The summed E-state index contributed by atoms with van der Waals surface area (Å²) in [7, 11) is 2.12. The summed E-state index contributed by atoms with van der Waals surface area (Å²) < 4.78 is 5.56. The van der Waals surface area contributed by atoms with Crippen molar-refractivity contribution >= 4 is 17.3 Å². The van der Waals surface area contributed by atoms with Gasteiger partial charge in [0, 0.05) is 26.7 Å². The normalized spacial score (nSPS) is 18.7. The molecule has 0 bridgehead atoms. The van der Waals surface area contributed by atoms with Gasteiger partial charge >= 0.3 is 0 Å². The second-order valence-electron chi connectivity index (χ2n) is 5.93. The highest BCUT2D eigenvalue weighted by molar-refractivity contribution is 6.33. The number of hydrogen-bond donors (Lipinski definition) is 1. The van der Waals surface area contributed by atoms with E-state index in [4.69, 9.17) is 16.3 Å². The fraction of sp³-hybridized carbons (Fsp3) is 0.647. The van der Waals surface area contributed by atoms with Crippen LogP contribution in [0.3, 0.4) is 0 Å². The van der Waals surface area contributed by atoms with Crippen molar-refractivity contribution < 1.29 is 4.74 Å². The third-order valence-corrected chi connectivity index (χ3v) is 4.27. The van der Waals surface area contributed by atoms with Crippen molar-refractivity contribution in [2.24, 2.45) is 5.92 Å². The molecule has 118 valence electrons. The van der Waals surface area contributed by atoms with E-state index in [0.29, 0.717) is 5.92 Å². The molecular weight excluding hydrogens is 284 g/mol. The molecule has 1 N–H and O–H groups in total. The van der Waals surface area contributed by atoms with Crippen LogP contribution in [-0.4, -0.2) is 33.4 Å². The molecular formula is C17H27ClN2O. The highest BCUT2D eigenvalue weighted by atomic mass is 35.5. The number of nitrogens with zero attached hydrogens (tertiary/aromatic N) is 1. The summed E-state index contributed by atoms with van der Waals surface area (Å²) in [5.74, 6) is 0.616. The molecule has 0 amide bonds. The molecule has 1 atom stereocenters. The molecule has 0 spiro atoms. The molecule has 0 aliphatic carbocycles. The second-order valence-corrected chi connectivity index (χ2v) is 6.33. The molecule has 21 heavy (non-hydrogen) atoms. The maximum Gasteiger partial charge on any atom is 0.0642 e. The Bertz CT molecular complexity index is 433. The molecule has 1 fully saturated rings. The first-order valence-corrected chi connectivity index (χ1v) is 8.36. The number of anilines is 1. The summed E-state index contributed by atoms with van der Waals surface area (Å²) in [6.07, 6.45) is 3.58. The average molecular weight is 311 g/mol. The first kappa shape index (κ1) is 16.6. The zero-order valence-electron chi connectivity index (χ0n) is 13.2. The van der Waals surface area contributed by atoms with E-state index in [1.165, 1.54) is 18.4 Å². The van der Waals surface area contributed by atoms with Crippen LogP contribution in [0.5, 0.6) is 0 Å². The van der Waals surface area contributed by atoms with Crippen LogP contribution in [0.2, 0.25) is 5.02 Å². The van der Waals surface area contributed by atoms with Crippen molar-refractivity contribution in [1.29, 1.82) is 0 Å². The van der Waals surface area contributed by atoms with Crippen LogP contribution in [0.15, 0.2) is 18.2 Å². The molecule has 3 nitrogen and oxygen atoms in total. The first-order chi connectivity index (χ1) is 10.2. The molecule has 0 radical (unpaired) electrons. The van der Waals surface area contributed by atoms with Crippen molar-refractivity contribution in [2.75, 3.05) is 38.3 Å². The second kappa shape index (κ2) is 8.62. The molecule has 1 unspecified atom stereocenters. The Morgan fingerprint density at radius 2 is 2.29 bits per heavy atom. The molecule has 1 aliphatic heterocycles. The molecule has 1 aromatic carbocycles. The predicted octanol–water partition coefficient (Wildman–Crippen LogP) is 3.70. The lowest BCUT2D eigenvalue weighted by Crippen LogP contribution is -2.31. The van der Waals surface area contributed by atoms with E-state index in [1.54, 1.807) is 0 Å². The first-order valence-electron chi connectivity index (χ1n) is 7.98. The minimum atomic E-state index is 0.616. The minimum Gasteiger partial charge on any atom is -0.381 e. The van der Waals surface area contributed by atoms with Gasteiger partial charge in [0.15, 0.2) is 0 Å². The van der Waals surface area contributed by atoms with Crippen molar-refractivity contribution in [1.82, 2.24) is 5.32 Å². The molecule has 0 saturated carbocycles. The van der Waals surface area contributed by atoms with Gasteiger partial charge in [0.1, 0.15) is 0 Å². The molecule has 2 rings (SSSR count). The zero-order chi connectivity index (χ0) is 15.1. The standard InChI is InChI=1S/C17H27ClN2O/c1-3-8-19-11-14-6-7-17(16(18)10-14)20(2)12-15-5-4-9-21-13-15/h6-7,10,15,19H,3-5,8-9,11-13H2,1-2H3. The van der Waals surface area contributed by atoms with Gasteiger partial charge in [0.25, 0.3) is 0 Å². The van der Waals surface area contributed by atoms with Crippen LogP contribution in [-0.2, 0) is 11.3 Å². The van der Waals surface area contributed by atoms with Crippen LogP contribution in [0.4, 0.5) is 5.69 Å². The quantitative estimate of drug-likeness (QED) is 0.777. The van der Waals surface area contributed by atoms with Gasteiger partial charge in [-0.25, -0.2) is 0 Å². The smallest absolute Gasteiger partial charge is 0.0642 e. The van der Waals surface area contributed by atoms with Crippen molar-refractivity contribution in [3.05, 3.63) is 28.8 Å². The Morgan fingerprint density at radius 1 is 1.43 bits per heavy atom. The Balaban J connectivity index is 1.92. The largest absolute Gasteiger partial charge is 0.381 e. The lowest BCUT2D eigenvalue weighted by atomic mass is 10.0. The molecule has 1 heterocycles. The van der Waals surface area contributed by atoms with E-state index in [0.717, 1.165) is 50.0 Å². The zero-order valence-corrected chi connectivity index (χ0v) is 14.0. The topological polar surface area (TPSA) is 24.5 Å². The fourth-order valence-electron chi connectivity index (χ4n) is 2.82. The van der Waals surface area contributed by atoms with Crippen LogP contribution < -0.4 is 10.2 Å². The van der Waals surface area contributed by atoms with Crippen LogP contribution in [0.1, 0.15) is 31.7 Å². The summed E-state index contributed by atoms with van der Waals surface area (Å²) in [6, 6.07) is 6.38. The number of rotatable bonds is 7. The van der Waals surface area contributed by atoms with Crippen molar-refractivity contribution in [3.63, 3.8) is 0 Å². The van der Waals surface area contributed by atoms with Gasteiger partial charge in [0.2, 0.25) is 0 Å². The highest BCUT2D eigenvalue weighted by Gasteiger charge is 2.17. The van der Waals surface area contributed by atoms with Gasteiger partial charge in [-0.3, -0.25) is 0 Å². The molecule has 0 aromatic heterocycles. The number of ether oxygens (including phenoxy) is 1. The van der Waals surface area contributed by atoms with E-state index >= 15 is 0 Å².